The van der Waals surface area contributed by atoms with Crippen molar-refractivity contribution in [1.29, 1.82) is 0 Å². The van der Waals surface area contributed by atoms with Gasteiger partial charge in [0.25, 0.3) is 0 Å². The zero-order valence-corrected chi connectivity index (χ0v) is 9.08. The van der Waals surface area contributed by atoms with Crippen LogP contribution < -0.4 is 0 Å². The molecule has 4 unspecified atom stereocenters. The Morgan fingerprint density at radius 3 is 1.08 bits per heavy atom. The van der Waals surface area contributed by atoms with Crippen molar-refractivity contribution in [3.05, 3.63) is 0 Å². The molecule has 4 atom stereocenters. The van der Waals surface area contributed by atoms with Gasteiger partial charge >= 0.3 is 67.5 Å². The first kappa shape index (κ1) is 4.18. The van der Waals surface area contributed by atoms with Gasteiger partial charge in [0.2, 0.25) is 0 Å². The Morgan fingerprint density at radius 1 is 0.692 bits per heavy atom. The van der Waals surface area contributed by atoms with Gasteiger partial charge in [0.1, 0.15) is 0 Å². The molecule has 0 aromatic carbocycles. The quantitative estimate of drug-likeness (QED) is 0.531. The van der Waals surface area contributed by atoms with Crippen LogP contribution in [0.1, 0.15) is 13.8 Å². The molecule has 70 valence electrons. The topological polar surface area (TPSA) is 0 Å². The van der Waals surface area contributed by atoms with Crippen LogP contribution in [0.3, 0.4) is 0 Å². The summed E-state index contributed by atoms with van der Waals surface area (Å²) in [5.41, 5.74) is 0. The first-order valence-corrected chi connectivity index (χ1v) is 12.4. The summed E-state index contributed by atoms with van der Waals surface area (Å²) in [5.74, 6) is 0. The van der Waals surface area contributed by atoms with Crippen molar-refractivity contribution < 1.29 is 6.51 Å². The molecule has 10 aliphatic rings. The second-order valence-corrected chi connectivity index (χ2v) is 34.2. The number of hydrogen-bond donors (Lipinski definition) is 0. The van der Waals surface area contributed by atoms with E-state index in [0.717, 1.165) is 8.63 Å². The molecule has 0 bridgehead atoms. The SMILES string of the molecule is C[C]12[CH]3[CH]4[CH]5[C]1(C)[Fe]43521678[CH]2[CH]1[CH]6[CH]7[CH]28. The van der Waals surface area contributed by atoms with Crippen molar-refractivity contribution >= 4 is 0 Å². The molecule has 0 radical (unpaired) electrons. The van der Waals surface area contributed by atoms with E-state index in [4.69, 9.17) is 0 Å². The molecular formula is C12H14Fe. The average Bonchev–Trinajstić information content (AvgIpc) is 3.02. The summed E-state index contributed by atoms with van der Waals surface area (Å²) >= 11 is 0. The minimum atomic E-state index is -2.62. The molecule has 0 amide bonds. The zero-order valence-electron chi connectivity index (χ0n) is 7.97. The fourth-order valence-corrected chi connectivity index (χ4v) is 97.1. The molecule has 0 aromatic rings. The fraction of sp³-hybridized carbons (Fsp3) is 1.00. The molecule has 0 saturated carbocycles. The second kappa shape index (κ2) is 0.250. The molecule has 10 heterocycles. The van der Waals surface area contributed by atoms with Crippen LogP contribution in [0.4, 0.5) is 0 Å². The van der Waals surface area contributed by atoms with Gasteiger partial charge in [0.15, 0.2) is 0 Å². The fourth-order valence-electron chi connectivity index (χ4n) is 18.7. The Balaban J connectivity index is 2.20. The zero-order chi connectivity index (χ0) is 7.94. The molecule has 10 saturated heterocycles. The van der Waals surface area contributed by atoms with Gasteiger partial charge in [-0.05, 0) is 0 Å². The van der Waals surface area contributed by atoms with E-state index in [0.29, 0.717) is 0 Å². The Bertz CT molecular complexity index is 815. The van der Waals surface area contributed by atoms with Crippen LogP contribution in [0.5, 0.6) is 0 Å². The molecule has 0 aromatic heterocycles. The molecule has 10 fully saturated rings. The van der Waals surface area contributed by atoms with Crippen molar-refractivity contribution in [2.24, 2.45) is 0 Å². The summed E-state index contributed by atoms with van der Waals surface area (Å²) in [4.78, 5) is 12.2. The van der Waals surface area contributed by atoms with E-state index < -0.39 is 6.51 Å². The van der Waals surface area contributed by atoms with Crippen molar-refractivity contribution in [3.63, 3.8) is 0 Å². The van der Waals surface area contributed by atoms with Gasteiger partial charge in [-0.25, -0.2) is 0 Å². The van der Waals surface area contributed by atoms with Crippen molar-refractivity contribution in [2.45, 2.75) is 61.0 Å². The van der Waals surface area contributed by atoms with Crippen LogP contribution in [0, 0.1) is 0 Å². The third kappa shape index (κ3) is 0.0268. The predicted octanol–water partition coefficient (Wildman–Crippen LogP) is 4.16. The standard InChI is InChI=1S/C7H9.C5H5.Fe/c1-6-4-3-5-7(6)2;1-2-4-5-3-1;/h3-5H,1-2H3;1-5H;. The van der Waals surface area contributed by atoms with Gasteiger partial charge in [-0.1, -0.05) is 0 Å². The van der Waals surface area contributed by atoms with Gasteiger partial charge in [0.05, 0.1) is 0 Å². The van der Waals surface area contributed by atoms with Gasteiger partial charge in [0, 0.05) is 0 Å². The van der Waals surface area contributed by atoms with E-state index in [2.05, 4.69) is 13.8 Å². The maximum atomic E-state index is 2.83. The number of fused-ring (bicyclic) bond motifs is 10. The van der Waals surface area contributed by atoms with E-state index >= 15 is 0 Å². The first-order valence-electron chi connectivity index (χ1n) is 6.15. The van der Waals surface area contributed by atoms with Crippen LogP contribution in [0.25, 0.3) is 0 Å². The maximum absolute atomic E-state index is 2.83. The summed E-state index contributed by atoms with van der Waals surface area (Å²) < 4.78 is 2.26. The van der Waals surface area contributed by atoms with E-state index in [-0.39, 0.29) is 0 Å². The molecule has 10 aliphatic heterocycles. The Labute approximate surface area is 67.7 Å². The number of rotatable bonds is 0. The van der Waals surface area contributed by atoms with Crippen molar-refractivity contribution in [2.75, 3.05) is 0 Å². The predicted molar refractivity (Wildman–Crippen MR) is 46.7 cm³/mol. The van der Waals surface area contributed by atoms with E-state index in [1.807, 2.05) is 0 Å². The molecule has 1 spiro atoms. The molecule has 0 aliphatic carbocycles. The van der Waals surface area contributed by atoms with E-state index in [1.165, 1.54) is 38.5 Å². The Morgan fingerprint density at radius 2 is 1.08 bits per heavy atom. The van der Waals surface area contributed by atoms with E-state index in [1.54, 1.807) is 0 Å². The molecule has 1 heteroatoms. The summed E-state index contributed by atoms with van der Waals surface area (Å²) in [6, 6.07) is 0. The molecule has 10 rings (SSSR count). The van der Waals surface area contributed by atoms with Gasteiger partial charge in [-0.3, -0.25) is 0 Å². The van der Waals surface area contributed by atoms with Crippen LogP contribution in [-0.4, -0.2) is 0 Å². The summed E-state index contributed by atoms with van der Waals surface area (Å²) in [5, 5.41) is 0. The molecule has 13 heavy (non-hydrogen) atoms. The second-order valence-electron chi connectivity index (χ2n) is 10.5. The average molecular weight is 214 g/mol. The normalized spacial score (nSPS) is 158. The third-order valence-electron chi connectivity index (χ3n) is 16.5. The summed E-state index contributed by atoms with van der Waals surface area (Å²) in [7, 11) is 0. The van der Waals surface area contributed by atoms with Crippen LogP contribution in [0.2, 0.25) is 47.2 Å². The van der Waals surface area contributed by atoms with Crippen LogP contribution >= 0.6 is 0 Å². The van der Waals surface area contributed by atoms with Crippen LogP contribution in [-0.2, 0) is 6.51 Å². The molecule has 0 nitrogen and oxygen atoms in total. The van der Waals surface area contributed by atoms with Gasteiger partial charge < -0.3 is 0 Å². The van der Waals surface area contributed by atoms with E-state index in [9.17, 15) is 0 Å². The minimum absolute atomic E-state index is 1.13. The first-order chi connectivity index (χ1) is 5.94. The Kier molecular flexibility index (Phi) is 0.0804. The van der Waals surface area contributed by atoms with Crippen molar-refractivity contribution in [3.8, 4) is 0 Å². The summed E-state index contributed by atoms with van der Waals surface area (Å²) in [6.45, 7) is 3.03. The third-order valence-corrected chi connectivity index (χ3v) is 62.1. The monoisotopic (exact) mass is 214 g/mol. The van der Waals surface area contributed by atoms with Gasteiger partial charge in [-0.15, -0.1) is 0 Å². The van der Waals surface area contributed by atoms with Gasteiger partial charge in [-0.2, -0.15) is 0 Å². The van der Waals surface area contributed by atoms with Crippen LogP contribution in [0.15, 0.2) is 0 Å². The summed E-state index contributed by atoms with van der Waals surface area (Å²) in [6.07, 6.45) is 0. The molecule has 0 N–H and O–H groups in total. The molecular weight excluding hydrogens is 200 g/mol. The van der Waals surface area contributed by atoms with Crippen molar-refractivity contribution in [1.82, 2.24) is 0 Å². The Hall–Kier alpha value is 0.519. The number of hydrogen-bond acceptors (Lipinski definition) is 0.